The highest BCUT2D eigenvalue weighted by Gasteiger charge is 2.26. The first kappa shape index (κ1) is 63.1. The standard InChI is InChI=1S/C23H21NO3.C22H19NO3.C13H14O3.C10H9NO.CH4/c1-4-5-17(15-23(25)26-3)16-6-10-20(11-7-16)27-22-13-8-18-14-19(24-2)9-12-21(18)22;1-3-4-16(14-22(24)25)15-5-9-19(10-6-15)26-21-12-7-17-13-18(23-2)8-11-20(17)21;1-3-4-11(9-13(15)16-2)10-5-7-12(14)8-6-10;1-11-8-3-4-9-7(6-8)2-5-10(9)12;/h6-7,9-12,14,17,22H,8,13,15H2,1,3H3;5-6,8-11,13,16,21H,7,12,14H2,1H3,(H,24,25);5-8,11,14H,9H2,1-2H3;3-4,6,10,12H,2,5H2;1H4/t17-,22?;16-,21?;11-;;/m000../s1. The van der Waals surface area contributed by atoms with Gasteiger partial charge in [0, 0.05) is 0 Å². The molecule has 3 aliphatic rings. The number of ether oxygens (including phenoxy) is 4. The topological polar surface area (TPSA) is 162 Å². The lowest BCUT2D eigenvalue weighted by Crippen LogP contribution is -2.08. The zero-order valence-electron chi connectivity index (χ0n) is 46.0. The van der Waals surface area contributed by atoms with Crippen molar-refractivity contribution in [3.63, 3.8) is 0 Å². The molecule has 82 heavy (non-hydrogen) atoms. The van der Waals surface area contributed by atoms with Gasteiger partial charge in [-0.1, -0.05) is 133 Å². The van der Waals surface area contributed by atoms with E-state index in [-0.39, 0.29) is 80.4 Å². The number of phenolic OH excluding ortho intramolecular Hbond substituents is 1. The van der Waals surface area contributed by atoms with Crippen LogP contribution in [0.2, 0.25) is 0 Å². The van der Waals surface area contributed by atoms with Crippen LogP contribution in [0.25, 0.3) is 14.5 Å². The Balaban J connectivity index is 0.000000209. The number of carbonyl (C=O) groups excluding carboxylic acids is 2. The molecule has 418 valence electrons. The van der Waals surface area contributed by atoms with Crippen molar-refractivity contribution < 1.29 is 48.7 Å². The number of benzene rings is 6. The quantitative estimate of drug-likeness (QED) is 0.0577. The summed E-state index contributed by atoms with van der Waals surface area (Å²) in [5.41, 5.74) is 11.6. The lowest BCUT2D eigenvalue weighted by atomic mass is 9.96. The van der Waals surface area contributed by atoms with Crippen molar-refractivity contribution in [2.75, 3.05) is 14.2 Å². The maximum absolute atomic E-state index is 11.6. The van der Waals surface area contributed by atoms with Gasteiger partial charge in [0.2, 0.25) is 0 Å². The number of aromatic hydroxyl groups is 1. The summed E-state index contributed by atoms with van der Waals surface area (Å²) in [7, 11) is 2.74. The van der Waals surface area contributed by atoms with Gasteiger partial charge < -0.3 is 34.3 Å². The van der Waals surface area contributed by atoms with Gasteiger partial charge in [0.05, 0.1) is 77.1 Å². The number of aliphatic carboxylic acids is 1. The molecule has 13 heteroatoms. The van der Waals surface area contributed by atoms with E-state index in [0.29, 0.717) is 17.1 Å². The van der Waals surface area contributed by atoms with Crippen LogP contribution < -0.4 is 9.47 Å². The molecule has 6 aromatic rings. The largest absolute Gasteiger partial charge is 0.508 e. The van der Waals surface area contributed by atoms with E-state index < -0.39 is 5.97 Å². The number of phenols is 1. The number of fused-ring (bicyclic) bond motifs is 3. The summed E-state index contributed by atoms with van der Waals surface area (Å²) in [6, 6.07) is 39.0. The third-order valence-electron chi connectivity index (χ3n) is 13.8. The van der Waals surface area contributed by atoms with Crippen LogP contribution >= 0.6 is 0 Å². The van der Waals surface area contributed by atoms with Gasteiger partial charge in [0.1, 0.15) is 29.5 Å². The van der Waals surface area contributed by atoms with Crippen molar-refractivity contribution >= 4 is 35.0 Å². The van der Waals surface area contributed by atoms with Crippen LogP contribution in [0.15, 0.2) is 127 Å². The van der Waals surface area contributed by atoms with Gasteiger partial charge in [-0.05, 0) is 129 Å². The van der Waals surface area contributed by atoms with E-state index in [0.717, 1.165) is 89.0 Å². The van der Waals surface area contributed by atoms with Gasteiger partial charge in [-0.15, -0.1) is 17.8 Å². The number of methoxy groups -OCH3 is 2. The summed E-state index contributed by atoms with van der Waals surface area (Å²) in [4.78, 5) is 44.1. The van der Waals surface area contributed by atoms with Crippen LogP contribution in [0.5, 0.6) is 17.2 Å². The number of aliphatic hydroxyl groups is 1. The first-order chi connectivity index (χ1) is 39.2. The lowest BCUT2D eigenvalue weighted by Gasteiger charge is -2.16. The molecular formula is C69H67N3O10. The van der Waals surface area contributed by atoms with Crippen LogP contribution in [-0.4, -0.2) is 47.4 Å². The number of carboxylic acids is 1. The molecule has 0 amide bonds. The Morgan fingerprint density at radius 2 is 0.866 bits per heavy atom. The Bertz CT molecular complexity index is 3500. The molecule has 0 saturated carbocycles. The summed E-state index contributed by atoms with van der Waals surface area (Å²) < 4.78 is 21.7. The average Bonchev–Trinajstić information content (AvgIpc) is 4.43. The van der Waals surface area contributed by atoms with Crippen molar-refractivity contribution in [3.8, 4) is 52.8 Å². The molecule has 3 N–H and O–H groups in total. The van der Waals surface area contributed by atoms with E-state index in [1.165, 1.54) is 25.3 Å². The summed E-state index contributed by atoms with van der Waals surface area (Å²) >= 11 is 0. The number of carboxylic acid groups (broad SMARTS) is 1. The molecule has 0 spiro atoms. The molecule has 0 aromatic heterocycles. The number of esters is 2. The van der Waals surface area contributed by atoms with E-state index in [9.17, 15) is 19.5 Å². The summed E-state index contributed by atoms with van der Waals surface area (Å²) in [6.07, 6.45) is 5.47. The van der Waals surface area contributed by atoms with Gasteiger partial charge >= 0.3 is 17.9 Å². The van der Waals surface area contributed by atoms with Crippen LogP contribution in [-0.2, 0) is 43.1 Å². The Labute approximate surface area is 482 Å². The Morgan fingerprint density at radius 3 is 1.22 bits per heavy atom. The molecule has 0 aliphatic heterocycles. The molecule has 3 aliphatic carbocycles. The number of nitrogens with zero attached hydrogens (tertiary/aromatic N) is 3. The molecule has 0 saturated heterocycles. The number of carbonyl (C=O) groups is 3. The van der Waals surface area contributed by atoms with Crippen LogP contribution in [0, 0.1) is 55.2 Å². The van der Waals surface area contributed by atoms with Crippen molar-refractivity contribution in [1.29, 1.82) is 0 Å². The fraction of sp³-hybridized carbons (Fsp3) is 0.304. The first-order valence-electron chi connectivity index (χ1n) is 26.4. The smallest absolute Gasteiger partial charge is 0.307 e. The third-order valence-corrected chi connectivity index (χ3v) is 13.8. The normalized spacial score (nSPS) is 15.3. The van der Waals surface area contributed by atoms with Crippen LogP contribution in [0.3, 0.4) is 0 Å². The molecule has 3 unspecified atom stereocenters. The molecule has 6 atom stereocenters. The molecule has 6 aromatic carbocycles. The second-order valence-electron chi connectivity index (χ2n) is 19.1. The van der Waals surface area contributed by atoms with E-state index in [1.54, 1.807) is 51.1 Å². The number of rotatable bonds is 13. The maximum atomic E-state index is 11.6. The Kier molecular flexibility index (Phi) is 24.4. The van der Waals surface area contributed by atoms with Gasteiger partial charge in [0.15, 0.2) is 17.1 Å². The van der Waals surface area contributed by atoms with Gasteiger partial charge in [-0.3, -0.25) is 14.4 Å². The van der Waals surface area contributed by atoms with Gasteiger partial charge in [-0.25, -0.2) is 14.5 Å². The van der Waals surface area contributed by atoms with Crippen molar-refractivity contribution in [3.05, 3.63) is 212 Å². The number of aryl methyl sites for hydroxylation is 3. The second kappa shape index (κ2) is 31.7. The maximum Gasteiger partial charge on any atom is 0.307 e. The van der Waals surface area contributed by atoms with Crippen LogP contribution in [0.1, 0.15) is 153 Å². The van der Waals surface area contributed by atoms with Crippen molar-refractivity contribution in [1.82, 2.24) is 0 Å². The van der Waals surface area contributed by atoms with E-state index >= 15 is 0 Å². The van der Waals surface area contributed by atoms with Crippen molar-refractivity contribution in [2.45, 2.75) is 122 Å². The molecule has 0 heterocycles. The lowest BCUT2D eigenvalue weighted by molar-refractivity contribution is -0.141. The molecular weight excluding hydrogens is 1030 g/mol. The average molecular weight is 1100 g/mol. The highest BCUT2D eigenvalue weighted by Crippen LogP contribution is 2.39. The summed E-state index contributed by atoms with van der Waals surface area (Å²) in [5.74, 6) is 17.1. The monoisotopic (exact) mass is 1100 g/mol. The van der Waals surface area contributed by atoms with E-state index in [2.05, 4.69) is 54.8 Å². The fourth-order valence-corrected chi connectivity index (χ4v) is 9.71. The minimum Gasteiger partial charge on any atom is -0.508 e. The fourth-order valence-electron chi connectivity index (χ4n) is 9.71. The Morgan fingerprint density at radius 1 is 0.524 bits per heavy atom. The molecule has 0 bridgehead atoms. The number of aliphatic hydroxyl groups excluding tert-OH is 1. The molecule has 9 rings (SSSR count). The summed E-state index contributed by atoms with van der Waals surface area (Å²) in [6.45, 7) is 26.3. The molecule has 0 radical (unpaired) electrons. The van der Waals surface area contributed by atoms with Crippen molar-refractivity contribution in [2.24, 2.45) is 0 Å². The minimum absolute atomic E-state index is 0. The third kappa shape index (κ3) is 17.9. The van der Waals surface area contributed by atoms with Crippen LogP contribution in [0.4, 0.5) is 17.1 Å². The zero-order valence-corrected chi connectivity index (χ0v) is 46.0. The highest BCUT2D eigenvalue weighted by atomic mass is 16.5. The number of hydrogen-bond donors (Lipinski definition) is 3. The molecule has 0 fully saturated rings. The first-order valence-corrected chi connectivity index (χ1v) is 26.4. The number of hydrogen-bond acceptors (Lipinski definition) is 9. The highest BCUT2D eigenvalue weighted by molar-refractivity contribution is 5.72. The van der Waals surface area contributed by atoms with Gasteiger partial charge in [0.25, 0.3) is 0 Å². The van der Waals surface area contributed by atoms with E-state index in [4.69, 9.17) is 44.1 Å². The zero-order chi connectivity index (χ0) is 58.3. The summed E-state index contributed by atoms with van der Waals surface area (Å²) in [5, 5.41) is 27.7. The predicted molar refractivity (Wildman–Crippen MR) is 317 cm³/mol. The van der Waals surface area contributed by atoms with Gasteiger partial charge in [-0.2, -0.15) is 0 Å². The van der Waals surface area contributed by atoms with E-state index in [1.807, 2.05) is 97.1 Å². The Hall–Kier alpha value is -9.76. The molecule has 13 nitrogen and oxygen atoms in total. The SMILES string of the molecule is C.CC#C[C@@H](CC(=O)OC)c1ccc(O)cc1.[C-]#[N+]c1ccc2c(c1)CCC2O.[C-]#[N+]c1ccc2c(c1)CCC2Oc1ccc([C@@H](C#CC)CC(=O)O)cc1.[C-]#[N+]c1ccc2c(c1)CCC2Oc1ccc([C@@H](C#CC)CC(=O)OC)cc1. The predicted octanol–water partition coefficient (Wildman–Crippen LogP) is 14.8. The minimum atomic E-state index is -0.862. The second-order valence-corrected chi connectivity index (χ2v) is 19.1.